The number of non-ortho nitro benzene ring substituents is 1. The van der Waals surface area contributed by atoms with E-state index < -0.39 is 4.92 Å². The Morgan fingerprint density at radius 1 is 1.45 bits per heavy atom. The molecule has 0 unspecified atom stereocenters. The van der Waals surface area contributed by atoms with Crippen LogP contribution in [0.1, 0.15) is 27.2 Å². The molecule has 2 aromatic rings. The van der Waals surface area contributed by atoms with Crippen LogP contribution in [0.2, 0.25) is 0 Å². The van der Waals surface area contributed by atoms with E-state index in [0.717, 1.165) is 11.3 Å². The topological polar surface area (TPSA) is 101 Å². The molecule has 7 nitrogen and oxygen atoms in total. The largest absolute Gasteiger partial charge is 0.348 e. The van der Waals surface area contributed by atoms with Crippen LogP contribution in [0.5, 0.6) is 0 Å². The van der Waals surface area contributed by atoms with Gasteiger partial charge in [-0.25, -0.2) is 0 Å². The van der Waals surface area contributed by atoms with E-state index in [1.54, 1.807) is 19.2 Å². The molecule has 0 bridgehead atoms. The summed E-state index contributed by atoms with van der Waals surface area (Å²) in [6.45, 7) is 3.91. The van der Waals surface area contributed by atoms with E-state index in [1.165, 1.54) is 12.1 Å². The lowest BCUT2D eigenvalue weighted by molar-refractivity contribution is -0.384. The minimum atomic E-state index is -0.517. The molecule has 0 saturated heterocycles. The first-order valence-corrected chi connectivity index (χ1v) is 6.01. The van der Waals surface area contributed by atoms with Crippen molar-refractivity contribution >= 4 is 11.6 Å². The van der Waals surface area contributed by atoms with Gasteiger partial charge in [0.05, 0.1) is 11.1 Å². The van der Waals surface area contributed by atoms with Crippen LogP contribution in [0.15, 0.2) is 24.4 Å². The highest BCUT2D eigenvalue weighted by molar-refractivity contribution is 5.96. The summed E-state index contributed by atoms with van der Waals surface area (Å²) in [4.78, 5) is 22.3. The van der Waals surface area contributed by atoms with Crippen LogP contribution >= 0.6 is 0 Å². The summed E-state index contributed by atoms with van der Waals surface area (Å²) in [7, 11) is 0. The second kappa shape index (κ2) is 5.52. The number of hydrogen-bond donors (Lipinski definition) is 2. The molecule has 2 rings (SSSR count). The highest BCUT2D eigenvalue weighted by atomic mass is 16.6. The number of aromatic nitrogens is 2. The van der Waals surface area contributed by atoms with Gasteiger partial charge in [0.2, 0.25) is 0 Å². The van der Waals surface area contributed by atoms with Crippen LogP contribution in [0.4, 0.5) is 5.69 Å². The van der Waals surface area contributed by atoms with Gasteiger partial charge in [-0.2, -0.15) is 5.10 Å². The van der Waals surface area contributed by atoms with Gasteiger partial charge in [-0.15, -0.1) is 0 Å². The molecule has 0 aliphatic rings. The van der Waals surface area contributed by atoms with Crippen LogP contribution < -0.4 is 5.32 Å². The van der Waals surface area contributed by atoms with Gasteiger partial charge in [-0.3, -0.25) is 20.0 Å². The smallest absolute Gasteiger partial charge is 0.270 e. The molecule has 1 heterocycles. The quantitative estimate of drug-likeness (QED) is 0.656. The van der Waals surface area contributed by atoms with E-state index >= 15 is 0 Å². The fourth-order valence-electron chi connectivity index (χ4n) is 1.79. The maximum atomic E-state index is 12.1. The number of nitrogens with one attached hydrogen (secondary N) is 2. The number of rotatable bonds is 4. The normalized spacial score (nSPS) is 10.3. The number of benzene rings is 1. The Labute approximate surface area is 115 Å². The lowest BCUT2D eigenvalue weighted by Crippen LogP contribution is -2.23. The van der Waals surface area contributed by atoms with Crippen molar-refractivity contribution < 1.29 is 9.72 Å². The minimum Gasteiger partial charge on any atom is -0.348 e. The SMILES string of the molecule is Cc1ccc([N+](=O)[O-])cc1C(=O)NCc1cn[nH]c1C. The molecular formula is C13H14N4O3. The fourth-order valence-corrected chi connectivity index (χ4v) is 1.79. The molecule has 0 atom stereocenters. The summed E-state index contributed by atoms with van der Waals surface area (Å²) in [5, 5.41) is 20.1. The standard InChI is InChI=1S/C13H14N4O3/c1-8-3-4-11(17(19)20)5-12(8)13(18)14-6-10-7-15-16-9(10)2/h3-5,7H,6H2,1-2H3,(H,14,18)(H,15,16). The summed E-state index contributed by atoms with van der Waals surface area (Å²) >= 11 is 0. The van der Waals surface area contributed by atoms with Crippen molar-refractivity contribution in [2.75, 3.05) is 0 Å². The van der Waals surface area contributed by atoms with Gasteiger partial charge in [0.1, 0.15) is 0 Å². The number of nitro groups is 1. The Morgan fingerprint density at radius 2 is 2.20 bits per heavy atom. The molecule has 0 fully saturated rings. The number of nitro benzene ring substituents is 1. The van der Waals surface area contributed by atoms with Crippen LogP contribution in [-0.2, 0) is 6.54 Å². The molecule has 1 aromatic heterocycles. The van der Waals surface area contributed by atoms with E-state index in [4.69, 9.17) is 0 Å². The van der Waals surface area contributed by atoms with Crippen molar-refractivity contribution in [3.63, 3.8) is 0 Å². The second-order valence-corrected chi connectivity index (χ2v) is 4.46. The van der Waals surface area contributed by atoms with Gasteiger partial charge in [0.25, 0.3) is 11.6 Å². The van der Waals surface area contributed by atoms with E-state index in [0.29, 0.717) is 17.7 Å². The van der Waals surface area contributed by atoms with Crippen molar-refractivity contribution in [3.8, 4) is 0 Å². The zero-order valence-corrected chi connectivity index (χ0v) is 11.1. The summed E-state index contributed by atoms with van der Waals surface area (Å²) in [6.07, 6.45) is 1.63. The molecule has 7 heteroatoms. The molecule has 0 radical (unpaired) electrons. The number of aryl methyl sites for hydroxylation is 2. The summed E-state index contributed by atoms with van der Waals surface area (Å²) in [6, 6.07) is 4.23. The van der Waals surface area contributed by atoms with Crippen LogP contribution in [0.3, 0.4) is 0 Å². The monoisotopic (exact) mass is 274 g/mol. The summed E-state index contributed by atoms with van der Waals surface area (Å²) in [5.74, 6) is -0.341. The second-order valence-electron chi connectivity index (χ2n) is 4.46. The van der Waals surface area contributed by atoms with Crippen molar-refractivity contribution in [1.82, 2.24) is 15.5 Å². The average Bonchev–Trinajstić information content (AvgIpc) is 2.81. The zero-order valence-electron chi connectivity index (χ0n) is 11.1. The molecule has 1 amide bonds. The van der Waals surface area contributed by atoms with Gasteiger partial charge >= 0.3 is 0 Å². The number of carbonyl (C=O) groups excluding carboxylic acids is 1. The molecule has 20 heavy (non-hydrogen) atoms. The molecule has 1 aromatic carbocycles. The first-order valence-electron chi connectivity index (χ1n) is 6.01. The number of aromatic amines is 1. The Kier molecular flexibility index (Phi) is 3.79. The summed E-state index contributed by atoms with van der Waals surface area (Å²) in [5.41, 5.74) is 2.65. The number of hydrogen-bond acceptors (Lipinski definition) is 4. The lowest BCUT2D eigenvalue weighted by atomic mass is 10.1. The van der Waals surface area contributed by atoms with Gasteiger partial charge in [-0.1, -0.05) is 6.07 Å². The zero-order chi connectivity index (χ0) is 14.7. The Morgan fingerprint density at radius 3 is 2.80 bits per heavy atom. The first-order chi connectivity index (χ1) is 9.49. The Bertz CT molecular complexity index is 663. The number of nitrogens with zero attached hydrogens (tertiary/aromatic N) is 2. The fraction of sp³-hybridized carbons (Fsp3) is 0.231. The number of H-pyrrole nitrogens is 1. The van der Waals surface area contributed by atoms with Gasteiger partial charge in [0, 0.05) is 35.5 Å². The maximum absolute atomic E-state index is 12.1. The third kappa shape index (κ3) is 2.82. The van der Waals surface area contributed by atoms with Gasteiger partial charge in [0.15, 0.2) is 0 Å². The lowest BCUT2D eigenvalue weighted by Gasteiger charge is -2.07. The molecule has 0 spiro atoms. The van der Waals surface area contributed by atoms with Crippen LogP contribution in [0, 0.1) is 24.0 Å². The number of amides is 1. The highest BCUT2D eigenvalue weighted by Gasteiger charge is 2.14. The molecule has 104 valence electrons. The van der Waals surface area contributed by atoms with Crippen LogP contribution in [-0.4, -0.2) is 21.0 Å². The molecular weight excluding hydrogens is 260 g/mol. The van der Waals surface area contributed by atoms with Crippen molar-refractivity contribution in [2.24, 2.45) is 0 Å². The summed E-state index contributed by atoms with van der Waals surface area (Å²) < 4.78 is 0. The third-order valence-corrected chi connectivity index (χ3v) is 3.05. The van der Waals surface area contributed by atoms with Crippen molar-refractivity contribution in [2.45, 2.75) is 20.4 Å². The predicted molar refractivity (Wildman–Crippen MR) is 72.3 cm³/mol. The third-order valence-electron chi connectivity index (χ3n) is 3.05. The number of carbonyl (C=O) groups is 1. The average molecular weight is 274 g/mol. The van der Waals surface area contributed by atoms with E-state index in [1.807, 2.05) is 6.92 Å². The van der Waals surface area contributed by atoms with E-state index in [9.17, 15) is 14.9 Å². The first kappa shape index (κ1) is 13.7. The van der Waals surface area contributed by atoms with Gasteiger partial charge in [-0.05, 0) is 19.4 Å². The Balaban J connectivity index is 2.15. The highest BCUT2D eigenvalue weighted by Crippen LogP contribution is 2.17. The Hall–Kier alpha value is -2.70. The van der Waals surface area contributed by atoms with Crippen LogP contribution in [0.25, 0.3) is 0 Å². The van der Waals surface area contributed by atoms with Crippen molar-refractivity contribution in [1.29, 1.82) is 0 Å². The predicted octanol–water partition coefficient (Wildman–Crippen LogP) is 1.86. The van der Waals surface area contributed by atoms with Crippen molar-refractivity contribution in [3.05, 3.63) is 56.9 Å². The molecule has 2 N–H and O–H groups in total. The van der Waals surface area contributed by atoms with E-state index in [-0.39, 0.29) is 11.6 Å². The van der Waals surface area contributed by atoms with E-state index in [2.05, 4.69) is 15.5 Å². The molecule has 0 aliphatic carbocycles. The maximum Gasteiger partial charge on any atom is 0.270 e. The van der Waals surface area contributed by atoms with Gasteiger partial charge < -0.3 is 5.32 Å². The molecule has 0 aliphatic heterocycles. The minimum absolute atomic E-state index is 0.0970. The molecule has 0 saturated carbocycles.